The number of anilines is 1. The smallest absolute Gasteiger partial charge is 0.368 e. The third kappa shape index (κ3) is 3.28. The van der Waals surface area contributed by atoms with Gasteiger partial charge < -0.3 is 5.73 Å². The van der Waals surface area contributed by atoms with Gasteiger partial charge in [0.25, 0.3) is 0 Å². The topological polar surface area (TPSA) is 64.7 Å². The molecule has 0 spiro atoms. The molecule has 0 aliphatic rings. The molecular weight excluding hydrogens is 305 g/mol. The Balaban J connectivity index is 1.88. The summed E-state index contributed by atoms with van der Waals surface area (Å²) in [6.45, 7) is 0. The number of rotatable bonds is 2. The number of benzene rings is 1. The lowest BCUT2D eigenvalue weighted by Crippen LogP contribution is -2.04. The van der Waals surface area contributed by atoms with E-state index in [2.05, 4.69) is 15.0 Å². The highest BCUT2D eigenvalue weighted by molar-refractivity contribution is 5.65. The minimum atomic E-state index is -4.34. The largest absolute Gasteiger partial charge is 0.416 e. The molecule has 116 valence electrons. The van der Waals surface area contributed by atoms with Crippen molar-refractivity contribution in [2.24, 2.45) is 0 Å². The summed E-state index contributed by atoms with van der Waals surface area (Å²) in [7, 11) is 0. The van der Waals surface area contributed by atoms with E-state index in [4.69, 9.17) is 5.73 Å². The van der Waals surface area contributed by atoms with Crippen LogP contribution in [0.3, 0.4) is 0 Å². The van der Waals surface area contributed by atoms with Crippen molar-refractivity contribution >= 4 is 5.95 Å². The van der Waals surface area contributed by atoms with E-state index in [0.717, 1.165) is 17.7 Å². The zero-order chi connectivity index (χ0) is 16.4. The average Bonchev–Trinajstić information content (AvgIpc) is 2.54. The highest BCUT2D eigenvalue weighted by atomic mass is 19.4. The Morgan fingerprint density at radius 3 is 2.04 bits per heavy atom. The summed E-state index contributed by atoms with van der Waals surface area (Å²) in [5, 5.41) is 0. The summed E-state index contributed by atoms with van der Waals surface area (Å²) in [6, 6.07) is 10.1. The molecule has 3 aromatic rings. The summed E-state index contributed by atoms with van der Waals surface area (Å²) in [6.07, 6.45) is -1.21. The zero-order valence-corrected chi connectivity index (χ0v) is 11.7. The van der Waals surface area contributed by atoms with Crippen molar-refractivity contribution in [2.45, 2.75) is 6.18 Å². The number of pyridine rings is 1. The number of halogens is 3. The van der Waals surface area contributed by atoms with Gasteiger partial charge in [0.15, 0.2) is 0 Å². The fourth-order valence-corrected chi connectivity index (χ4v) is 2.08. The molecule has 0 radical (unpaired) electrons. The molecule has 0 saturated heterocycles. The molecule has 7 heteroatoms. The van der Waals surface area contributed by atoms with Gasteiger partial charge in [-0.05, 0) is 30.3 Å². The van der Waals surface area contributed by atoms with Crippen LogP contribution in [0.25, 0.3) is 22.5 Å². The van der Waals surface area contributed by atoms with E-state index in [-0.39, 0.29) is 5.95 Å². The molecular formula is C16H11F3N4. The Morgan fingerprint density at radius 1 is 0.783 bits per heavy atom. The van der Waals surface area contributed by atoms with Crippen LogP contribution >= 0.6 is 0 Å². The number of hydrogen-bond donors (Lipinski definition) is 1. The van der Waals surface area contributed by atoms with Crippen LogP contribution < -0.4 is 5.73 Å². The molecule has 2 N–H and O–H groups in total. The van der Waals surface area contributed by atoms with Crippen LogP contribution in [0.5, 0.6) is 0 Å². The van der Waals surface area contributed by atoms with Crippen molar-refractivity contribution < 1.29 is 13.2 Å². The molecule has 0 amide bonds. The van der Waals surface area contributed by atoms with E-state index in [9.17, 15) is 13.2 Å². The second-order valence-electron chi connectivity index (χ2n) is 4.81. The first-order valence-corrected chi connectivity index (χ1v) is 6.66. The van der Waals surface area contributed by atoms with Gasteiger partial charge in [0.1, 0.15) is 0 Å². The van der Waals surface area contributed by atoms with Crippen molar-refractivity contribution in [2.75, 3.05) is 5.73 Å². The number of hydrogen-bond acceptors (Lipinski definition) is 4. The Bertz CT molecular complexity index is 812. The Kier molecular flexibility index (Phi) is 3.69. The van der Waals surface area contributed by atoms with Crippen LogP contribution in [0.2, 0.25) is 0 Å². The van der Waals surface area contributed by atoms with E-state index >= 15 is 0 Å². The molecule has 2 heterocycles. The minimum absolute atomic E-state index is 0.161. The van der Waals surface area contributed by atoms with Crippen LogP contribution in [0.4, 0.5) is 19.1 Å². The van der Waals surface area contributed by atoms with E-state index in [1.165, 1.54) is 12.1 Å². The van der Waals surface area contributed by atoms with Gasteiger partial charge in [-0.2, -0.15) is 13.2 Å². The van der Waals surface area contributed by atoms with E-state index in [0.29, 0.717) is 17.0 Å². The first-order chi connectivity index (χ1) is 10.9. The maximum absolute atomic E-state index is 12.6. The first kappa shape index (κ1) is 15.0. The lowest BCUT2D eigenvalue weighted by Gasteiger charge is -2.08. The van der Waals surface area contributed by atoms with Crippen LogP contribution in [0.1, 0.15) is 5.56 Å². The van der Waals surface area contributed by atoms with Gasteiger partial charge in [-0.15, -0.1) is 0 Å². The van der Waals surface area contributed by atoms with Gasteiger partial charge in [-0.25, -0.2) is 9.97 Å². The Morgan fingerprint density at radius 2 is 1.48 bits per heavy atom. The molecule has 0 fully saturated rings. The molecule has 0 bridgehead atoms. The summed E-state index contributed by atoms with van der Waals surface area (Å²) in [5.41, 5.74) is 7.40. The molecule has 1 aromatic carbocycles. The molecule has 3 rings (SSSR count). The molecule has 0 unspecified atom stereocenters. The van der Waals surface area contributed by atoms with Crippen LogP contribution in [-0.4, -0.2) is 15.0 Å². The molecule has 0 saturated carbocycles. The van der Waals surface area contributed by atoms with Gasteiger partial charge >= 0.3 is 6.18 Å². The molecule has 0 aliphatic heterocycles. The predicted octanol–water partition coefficient (Wildman–Crippen LogP) is 3.81. The summed E-state index contributed by atoms with van der Waals surface area (Å²) >= 11 is 0. The normalized spacial score (nSPS) is 11.4. The molecule has 0 aliphatic carbocycles. The number of nitrogen functional groups attached to an aromatic ring is 1. The fraction of sp³-hybridized carbons (Fsp3) is 0.0625. The maximum atomic E-state index is 12.6. The van der Waals surface area contributed by atoms with E-state index in [1.807, 2.05) is 0 Å². The van der Waals surface area contributed by atoms with Crippen LogP contribution in [0, 0.1) is 0 Å². The number of alkyl halides is 3. The summed E-state index contributed by atoms with van der Waals surface area (Å²) < 4.78 is 37.7. The highest BCUT2D eigenvalue weighted by Crippen LogP contribution is 2.30. The number of nitrogens with two attached hydrogens (primary N) is 1. The molecule has 4 nitrogen and oxygen atoms in total. The number of nitrogens with zero attached hydrogens (tertiary/aromatic N) is 3. The average molecular weight is 316 g/mol. The van der Waals surface area contributed by atoms with Crippen molar-refractivity contribution in [3.8, 4) is 22.5 Å². The quantitative estimate of drug-likeness (QED) is 0.781. The first-order valence-electron chi connectivity index (χ1n) is 6.66. The fourth-order valence-electron chi connectivity index (χ4n) is 2.08. The van der Waals surface area contributed by atoms with E-state index < -0.39 is 11.7 Å². The van der Waals surface area contributed by atoms with Gasteiger partial charge in [0.2, 0.25) is 5.95 Å². The molecule has 0 atom stereocenters. The Hall–Kier alpha value is -2.96. The van der Waals surface area contributed by atoms with Crippen molar-refractivity contribution in [3.05, 3.63) is 60.4 Å². The van der Waals surface area contributed by atoms with Gasteiger partial charge in [0, 0.05) is 23.5 Å². The van der Waals surface area contributed by atoms with Crippen molar-refractivity contribution in [1.82, 2.24) is 15.0 Å². The lowest BCUT2D eigenvalue weighted by atomic mass is 10.1. The highest BCUT2D eigenvalue weighted by Gasteiger charge is 2.29. The summed E-state index contributed by atoms with van der Waals surface area (Å²) in [4.78, 5) is 12.2. The SMILES string of the molecule is Nc1nccc(-c2ccc(-c3ccc(C(F)(F)F)cc3)nc2)n1. The van der Waals surface area contributed by atoms with Crippen molar-refractivity contribution in [3.63, 3.8) is 0 Å². The molecule has 23 heavy (non-hydrogen) atoms. The standard InChI is InChI=1S/C16H11F3N4/c17-16(18,19)12-4-1-10(2-5-12)13-6-3-11(9-22-13)14-7-8-21-15(20)23-14/h1-9H,(H2,20,21,23). The maximum Gasteiger partial charge on any atom is 0.416 e. The molecule has 2 aromatic heterocycles. The van der Waals surface area contributed by atoms with Crippen molar-refractivity contribution in [1.29, 1.82) is 0 Å². The predicted molar refractivity (Wildman–Crippen MR) is 80.1 cm³/mol. The lowest BCUT2D eigenvalue weighted by molar-refractivity contribution is -0.137. The van der Waals surface area contributed by atoms with Gasteiger partial charge in [-0.3, -0.25) is 4.98 Å². The van der Waals surface area contributed by atoms with Crippen LogP contribution in [-0.2, 0) is 6.18 Å². The third-order valence-corrected chi connectivity index (χ3v) is 3.24. The number of aromatic nitrogens is 3. The van der Waals surface area contributed by atoms with E-state index in [1.54, 1.807) is 30.6 Å². The minimum Gasteiger partial charge on any atom is -0.368 e. The Labute approximate surface area is 129 Å². The van der Waals surface area contributed by atoms with Gasteiger partial charge in [0.05, 0.1) is 17.0 Å². The van der Waals surface area contributed by atoms with Gasteiger partial charge in [-0.1, -0.05) is 12.1 Å². The zero-order valence-electron chi connectivity index (χ0n) is 11.7. The second kappa shape index (κ2) is 5.68. The third-order valence-electron chi connectivity index (χ3n) is 3.24. The monoisotopic (exact) mass is 316 g/mol. The summed E-state index contributed by atoms with van der Waals surface area (Å²) in [5.74, 6) is 0.161. The second-order valence-corrected chi connectivity index (χ2v) is 4.81. The van der Waals surface area contributed by atoms with Crippen LogP contribution in [0.15, 0.2) is 54.9 Å².